The molecule has 0 aliphatic heterocycles. The standard InChI is InChI=1S/C20H22Br2N2O3/c1-12(2)16-9-17(21)13(3)19(22)20(16)27-11-18(25)24-23-10-14-5-7-15(26-4)8-6-14/h5-10,12H,11H2,1-4H3,(H,24,25)/b23-10+. The highest BCUT2D eigenvalue weighted by Crippen LogP contribution is 2.40. The number of ether oxygens (including phenoxy) is 2. The molecule has 0 radical (unpaired) electrons. The van der Waals surface area contributed by atoms with Crippen LogP contribution in [-0.4, -0.2) is 25.8 Å². The molecule has 0 heterocycles. The first-order valence-electron chi connectivity index (χ1n) is 8.40. The van der Waals surface area contributed by atoms with Gasteiger partial charge in [-0.1, -0.05) is 29.8 Å². The molecule has 1 amide bonds. The minimum atomic E-state index is -0.332. The van der Waals surface area contributed by atoms with Crippen LogP contribution in [0.2, 0.25) is 0 Å². The van der Waals surface area contributed by atoms with Crippen molar-refractivity contribution < 1.29 is 14.3 Å². The number of methoxy groups -OCH3 is 1. The normalized spacial score (nSPS) is 11.1. The number of nitrogens with one attached hydrogen (secondary N) is 1. The lowest BCUT2D eigenvalue weighted by Crippen LogP contribution is -2.25. The monoisotopic (exact) mass is 496 g/mol. The Labute approximate surface area is 176 Å². The van der Waals surface area contributed by atoms with Gasteiger partial charge in [-0.3, -0.25) is 4.79 Å². The Kier molecular flexibility index (Phi) is 7.86. The van der Waals surface area contributed by atoms with Crippen molar-refractivity contribution in [1.29, 1.82) is 0 Å². The molecule has 144 valence electrons. The van der Waals surface area contributed by atoms with E-state index in [1.807, 2.05) is 37.3 Å². The molecule has 0 saturated carbocycles. The van der Waals surface area contributed by atoms with Crippen LogP contribution in [0.15, 0.2) is 44.4 Å². The topological polar surface area (TPSA) is 59.9 Å². The third-order valence-corrected chi connectivity index (χ3v) is 5.70. The predicted molar refractivity (Wildman–Crippen MR) is 115 cm³/mol. The second kappa shape index (κ2) is 9.90. The largest absolute Gasteiger partial charge is 0.497 e. The average Bonchev–Trinajstić information content (AvgIpc) is 2.65. The van der Waals surface area contributed by atoms with E-state index in [9.17, 15) is 4.79 Å². The summed E-state index contributed by atoms with van der Waals surface area (Å²) in [5, 5.41) is 3.96. The number of hydrogen-bond acceptors (Lipinski definition) is 4. The van der Waals surface area contributed by atoms with Crippen molar-refractivity contribution >= 4 is 44.0 Å². The highest BCUT2D eigenvalue weighted by Gasteiger charge is 2.17. The van der Waals surface area contributed by atoms with Crippen LogP contribution in [0.3, 0.4) is 0 Å². The Bertz CT molecular complexity index is 834. The van der Waals surface area contributed by atoms with E-state index < -0.39 is 0 Å². The molecular formula is C20H22Br2N2O3. The first-order valence-corrected chi connectivity index (χ1v) is 9.99. The molecule has 0 unspecified atom stereocenters. The SMILES string of the molecule is COc1ccc(/C=N/NC(=O)COc2c(C(C)C)cc(Br)c(C)c2Br)cc1. The van der Waals surface area contributed by atoms with Gasteiger partial charge in [-0.05, 0) is 75.8 Å². The van der Waals surface area contributed by atoms with Gasteiger partial charge in [0.25, 0.3) is 5.91 Å². The maximum Gasteiger partial charge on any atom is 0.277 e. The smallest absolute Gasteiger partial charge is 0.277 e. The minimum Gasteiger partial charge on any atom is -0.497 e. The fraction of sp³-hybridized carbons (Fsp3) is 0.300. The van der Waals surface area contributed by atoms with E-state index in [1.54, 1.807) is 13.3 Å². The average molecular weight is 498 g/mol. The number of carbonyl (C=O) groups excluding carboxylic acids is 1. The van der Waals surface area contributed by atoms with Crippen LogP contribution >= 0.6 is 31.9 Å². The van der Waals surface area contributed by atoms with E-state index in [0.29, 0.717) is 5.75 Å². The Morgan fingerprint density at radius 1 is 1.26 bits per heavy atom. The van der Waals surface area contributed by atoms with Crippen molar-refractivity contribution in [3.05, 3.63) is 56.0 Å². The van der Waals surface area contributed by atoms with Gasteiger partial charge < -0.3 is 9.47 Å². The fourth-order valence-electron chi connectivity index (χ4n) is 2.33. The van der Waals surface area contributed by atoms with E-state index in [1.165, 1.54) is 0 Å². The molecule has 5 nitrogen and oxygen atoms in total. The zero-order valence-electron chi connectivity index (χ0n) is 15.7. The molecule has 2 aromatic rings. The zero-order valence-corrected chi connectivity index (χ0v) is 18.8. The first kappa shape index (κ1) is 21.4. The molecule has 2 rings (SSSR count). The summed E-state index contributed by atoms with van der Waals surface area (Å²) in [6.07, 6.45) is 1.57. The molecule has 0 aliphatic carbocycles. The van der Waals surface area contributed by atoms with Crippen molar-refractivity contribution in [3.8, 4) is 11.5 Å². The third-order valence-electron chi connectivity index (χ3n) is 3.92. The van der Waals surface area contributed by atoms with Crippen molar-refractivity contribution in [2.24, 2.45) is 5.10 Å². The van der Waals surface area contributed by atoms with Crippen LogP contribution in [0.4, 0.5) is 0 Å². The van der Waals surface area contributed by atoms with Gasteiger partial charge in [0.1, 0.15) is 11.5 Å². The van der Waals surface area contributed by atoms with Crippen LogP contribution < -0.4 is 14.9 Å². The van der Waals surface area contributed by atoms with E-state index in [-0.39, 0.29) is 18.4 Å². The molecule has 27 heavy (non-hydrogen) atoms. The molecule has 0 saturated heterocycles. The number of hydrogen-bond donors (Lipinski definition) is 1. The summed E-state index contributed by atoms with van der Waals surface area (Å²) < 4.78 is 12.7. The molecule has 0 fully saturated rings. The van der Waals surface area contributed by atoms with E-state index >= 15 is 0 Å². The molecule has 7 heteroatoms. The Morgan fingerprint density at radius 2 is 1.93 bits per heavy atom. The van der Waals surface area contributed by atoms with Crippen molar-refractivity contribution in [1.82, 2.24) is 5.43 Å². The Hall–Kier alpha value is -1.86. The maximum absolute atomic E-state index is 12.1. The lowest BCUT2D eigenvalue weighted by Gasteiger charge is -2.18. The van der Waals surface area contributed by atoms with Gasteiger partial charge in [0, 0.05) is 4.47 Å². The molecule has 2 aromatic carbocycles. The van der Waals surface area contributed by atoms with Gasteiger partial charge in [0.05, 0.1) is 17.8 Å². The molecule has 0 atom stereocenters. The van der Waals surface area contributed by atoms with Crippen molar-refractivity contribution in [2.45, 2.75) is 26.7 Å². The molecular weight excluding hydrogens is 476 g/mol. The van der Waals surface area contributed by atoms with Crippen LogP contribution in [0, 0.1) is 6.92 Å². The van der Waals surface area contributed by atoms with E-state index in [2.05, 4.69) is 56.2 Å². The Morgan fingerprint density at radius 3 is 2.52 bits per heavy atom. The molecule has 0 aliphatic rings. The lowest BCUT2D eigenvalue weighted by molar-refractivity contribution is -0.123. The highest BCUT2D eigenvalue weighted by molar-refractivity contribution is 9.11. The third kappa shape index (κ3) is 5.81. The van der Waals surface area contributed by atoms with Gasteiger partial charge in [-0.15, -0.1) is 0 Å². The minimum absolute atomic E-state index is 0.126. The van der Waals surface area contributed by atoms with Gasteiger partial charge in [-0.2, -0.15) is 5.10 Å². The molecule has 0 spiro atoms. The number of rotatable bonds is 7. The van der Waals surface area contributed by atoms with Crippen LogP contribution in [-0.2, 0) is 4.79 Å². The highest BCUT2D eigenvalue weighted by atomic mass is 79.9. The fourth-order valence-corrected chi connectivity index (χ4v) is 3.59. The second-order valence-corrected chi connectivity index (χ2v) is 7.87. The summed E-state index contributed by atoms with van der Waals surface area (Å²) in [7, 11) is 1.61. The quantitative estimate of drug-likeness (QED) is 0.423. The number of carbonyl (C=O) groups is 1. The van der Waals surface area contributed by atoms with Crippen molar-refractivity contribution in [3.63, 3.8) is 0 Å². The lowest BCUT2D eigenvalue weighted by atomic mass is 10.0. The summed E-state index contributed by atoms with van der Waals surface area (Å²) in [5.41, 5.74) is 5.37. The summed E-state index contributed by atoms with van der Waals surface area (Å²) in [4.78, 5) is 12.1. The Balaban J connectivity index is 1.99. The van der Waals surface area contributed by atoms with Crippen LogP contribution in [0.1, 0.15) is 36.5 Å². The van der Waals surface area contributed by atoms with Gasteiger partial charge in [0.15, 0.2) is 6.61 Å². The van der Waals surface area contributed by atoms with Crippen LogP contribution in [0.25, 0.3) is 0 Å². The summed E-state index contributed by atoms with van der Waals surface area (Å²) in [6, 6.07) is 9.38. The maximum atomic E-state index is 12.1. The van der Waals surface area contributed by atoms with Crippen molar-refractivity contribution in [2.75, 3.05) is 13.7 Å². The number of hydrazone groups is 1. The van der Waals surface area contributed by atoms with E-state index in [4.69, 9.17) is 9.47 Å². The first-order chi connectivity index (χ1) is 12.8. The van der Waals surface area contributed by atoms with E-state index in [0.717, 1.165) is 31.4 Å². The summed E-state index contributed by atoms with van der Waals surface area (Å²) in [5.74, 6) is 1.37. The molecule has 0 aromatic heterocycles. The van der Waals surface area contributed by atoms with Crippen LogP contribution in [0.5, 0.6) is 11.5 Å². The molecule has 1 N–H and O–H groups in total. The number of amides is 1. The number of halogens is 2. The predicted octanol–water partition coefficient (Wildman–Crippen LogP) is 5.18. The summed E-state index contributed by atoms with van der Waals surface area (Å²) >= 11 is 7.12. The number of benzene rings is 2. The summed E-state index contributed by atoms with van der Waals surface area (Å²) in [6.45, 7) is 6.01. The van der Waals surface area contributed by atoms with Gasteiger partial charge in [0.2, 0.25) is 0 Å². The van der Waals surface area contributed by atoms with Gasteiger partial charge >= 0.3 is 0 Å². The molecule has 0 bridgehead atoms. The number of nitrogens with zero attached hydrogens (tertiary/aromatic N) is 1. The second-order valence-electron chi connectivity index (χ2n) is 6.23. The van der Waals surface area contributed by atoms with Gasteiger partial charge in [-0.25, -0.2) is 5.43 Å². The zero-order chi connectivity index (χ0) is 20.0.